The Kier molecular flexibility index (Phi) is 5.37. The van der Waals surface area contributed by atoms with Gasteiger partial charge in [0.1, 0.15) is 6.04 Å². The Labute approximate surface area is 209 Å². The van der Waals surface area contributed by atoms with E-state index in [1.54, 1.807) is 4.90 Å². The number of benzene rings is 3. The van der Waals surface area contributed by atoms with E-state index in [0.717, 1.165) is 38.9 Å². The van der Waals surface area contributed by atoms with Crippen LogP contribution in [0.3, 0.4) is 0 Å². The molecule has 6 rings (SSSR count). The summed E-state index contributed by atoms with van der Waals surface area (Å²) in [5, 5.41) is 1.81. The number of nitrogens with zero attached hydrogens (tertiary/aromatic N) is 2. The average Bonchev–Trinajstić information content (AvgIpc) is 3.23. The maximum absolute atomic E-state index is 13.8. The van der Waals surface area contributed by atoms with E-state index in [2.05, 4.69) is 42.2 Å². The quantitative estimate of drug-likeness (QED) is 0.441. The molecule has 0 unspecified atom stereocenters. The zero-order chi connectivity index (χ0) is 24.1. The molecular weight excluding hydrogens is 458 g/mol. The van der Waals surface area contributed by atoms with Crippen molar-refractivity contribution in [2.45, 2.75) is 31.8 Å². The lowest BCUT2D eigenvalue weighted by molar-refractivity contribution is -0.158. The molecule has 35 heavy (non-hydrogen) atoms. The molecular formula is C29H26ClN3O2. The van der Waals surface area contributed by atoms with Gasteiger partial charge in [-0.1, -0.05) is 71.8 Å². The zero-order valence-corrected chi connectivity index (χ0v) is 20.3. The van der Waals surface area contributed by atoms with E-state index in [-0.39, 0.29) is 24.4 Å². The summed E-state index contributed by atoms with van der Waals surface area (Å²) in [6.07, 6.45) is 1.20. The van der Waals surface area contributed by atoms with Crippen LogP contribution >= 0.6 is 11.6 Å². The number of fused-ring (bicyclic) bond motifs is 4. The molecule has 3 aromatic carbocycles. The molecule has 4 aromatic rings. The molecule has 2 aliphatic heterocycles. The summed E-state index contributed by atoms with van der Waals surface area (Å²) in [4.78, 5) is 34.6. The molecule has 3 heterocycles. The third kappa shape index (κ3) is 3.80. The standard InChI is InChI=1S/C29H26ClN3O2/c1-18-5-4-6-20(15-18)28-27-23(22-7-2-3-8-24(22)31-27)16-25-29(35)32(17-26(34)33(25)28)14-13-19-9-11-21(30)12-10-19/h2-12,15,25,28,31H,13-14,16-17H2,1H3/t25-,28-/m0/s1. The minimum Gasteiger partial charge on any atom is -0.356 e. The predicted molar refractivity (Wildman–Crippen MR) is 137 cm³/mol. The van der Waals surface area contributed by atoms with Crippen LogP contribution in [0.5, 0.6) is 0 Å². The van der Waals surface area contributed by atoms with Gasteiger partial charge in [-0.15, -0.1) is 0 Å². The van der Waals surface area contributed by atoms with Crippen LogP contribution < -0.4 is 0 Å². The number of aromatic amines is 1. The number of carbonyl (C=O) groups is 2. The minimum atomic E-state index is -0.515. The van der Waals surface area contributed by atoms with Gasteiger partial charge in [0, 0.05) is 34.6 Å². The number of hydrogen-bond donors (Lipinski definition) is 1. The molecule has 2 amide bonds. The van der Waals surface area contributed by atoms with Gasteiger partial charge in [-0.25, -0.2) is 0 Å². The number of aryl methyl sites for hydroxylation is 1. The molecule has 0 saturated carbocycles. The van der Waals surface area contributed by atoms with Gasteiger partial charge >= 0.3 is 0 Å². The van der Waals surface area contributed by atoms with E-state index < -0.39 is 6.04 Å². The first kappa shape index (κ1) is 21.9. The topological polar surface area (TPSA) is 56.4 Å². The van der Waals surface area contributed by atoms with Crippen molar-refractivity contribution in [1.29, 1.82) is 0 Å². The van der Waals surface area contributed by atoms with Crippen molar-refractivity contribution in [1.82, 2.24) is 14.8 Å². The fourth-order valence-corrected chi connectivity index (χ4v) is 5.74. The summed E-state index contributed by atoms with van der Waals surface area (Å²) in [7, 11) is 0. The number of hydrogen-bond acceptors (Lipinski definition) is 2. The van der Waals surface area contributed by atoms with Gasteiger partial charge in [0.2, 0.25) is 11.8 Å². The van der Waals surface area contributed by atoms with E-state index in [0.29, 0.717) is 24.4 Å². The lowest BCUT2D eigenvalue weighted by Gasteiger charge is -2.47. The summed E-state index contributed by atoms with van der Waals surface area (Å²) in [5.41, 5.74) is 6.44. The Bertz CT molecular complexity index is 1440. The van der Waals surface area contributed by atoms with Crippen molar-refractivity contribution in [2.75, 3.05) is 13.1 Å². The van der Waals surface area contributed by atoms with Crippen molar-refractivity contribution in [2.24, 2.45) is 0 Å². The Morgan fingerprint density at radius 1 is 1.00 bits per heavy atom. The fraction of sp³-hybridized carbons (Fsp3) is 0.241. The Morgan fingerprint density at radius 3 is 2.60 bits per heavy atom. The van der Waals surface area contributed by atoms with Crippen molar-refractivity contribution < 1.29 is 9.59 Å². The average molecular weight is 484 g/mol. The Balaban J connectivity index is 1.38. The maximum Gasteiger partial charge on any atom is 0.246 e. The van der Waals surface area contributed by atoms with Gasteiger partial charge in [0.05, 0.1) is 12.6 Å². The molecule has 2 atom stereocenters. The minimum absolute atomic E-state index is 0.0125. The third-order valence-electron chi connectivity index (χ3n) is 7.28. The molecule has 176 valence electrons. The molecule has 0 spiro atoms. The monoisotopic (exact) mass is 483 g/mol. The largest absolute Gasteiger partial charge is 0.356 e. The highest BCUT2D eigenvalue weighted by Gasteiger charge is 2.48. The second-order valence-electron chi connectivity index (χ2n) is 9.54. The Hall–Kier alpha value is -3.57. The lowest BCUT2D eigenvalue weighted by Crippen LogP contribution is -2.63. The number of piperazine rings is 1. The zero-order valence-electron chi connectivity index (χ0n) is 19.5. The maximum atomic E-state index is 13.8. The highest BCUT2D eigenvalue weighted by molar-refractivity contribution is 6.30. The second kappa shape index (κ2) is 8.58. The first-order valence-electron chi connectivity index (χ1n) is 12.0. The summed E-state index contributed by atoms with van der Waals surface area (Å²) in [6.45, 7) is 2.66. The van der Waals surface area contributed by atoms with Crippen LogP contribution in [-0.2, 0) is 22.4 Å². The van der Waals surface area contributed by atoms with E-state index in [4.69, 9.17) is 11.6 Å². The van der Waals surface area contributed by atoms with E-state index in [9.17, 15) is 9.59 Å². The SMILES string of the molecule is Cc1cccc([C@H]2c3[nH]c4ccccc4c3C[C@H]3C(=O)N(CCc4ccc(Cl)cc4)CC(=O)N23)c1. The van der Waals surface area contributed by atoms with Crippen molar-refractivity contribution in [3.05, 3.63) is 106 Å². The summed E-state index contributed by atoms with van der Waals surface area (Å²) in [6, 6.07) is 23.3. The number of H-pyrrole nitrogens is 1. The van der Waals surface area contributed by atoms with Crippen LogP contribution in [0.15, 0.2) is 72.8 Å². The first-order valence-corrected chi connectivity index (χ1v) is 12.4. The number of halogens is 1. The lowest BCUT2D eigenvalue weighted by atomic mass is 9.86. The number of para-hydroxylation sites is 1. The second-order valence-corrected chi connectivity index (χ2v) is 9.97. The van der Waals surface area contributed by atoms with Crippen molar-refractivity contribution >= 4 is 34.3 Å². The number of nitrogens with one attached hydrogen (secondary N) is 1. The number of amides is 2. The summed E-state index contributed by atoms with van der Waals surface area (Å²) < 4.78 is 0. The molecule has 0 radical (unpaired) electrons. The molecule has 0 aliphatic carbocycles. The molecule has 1 aromatic heterocycles. The van der Waals surface area contributed by atoms with Gasteiger partial charge in [-0.2, -0.15) is 0 Å². The third-order valence-corrected chi connectivity index (χ3v) is 7.54. The van der Waals surface area contributed by atoms with Crippen molar-refractivity contribution in [3.63, 3.8) is 0 Å². The first-order chi connectivity index (χ1) is 17.0. The molecule has 1 fully saturated rings. The van der Waals surface area contributed by atoms with E-state index in [1.165, 1.54) is 0 Å². The van der Waals surface area contributed by atoms with Gasteiger partial charge in [-0.3, -0.25) is 9.59 Å². The van der Waals surface area contributed by atoms with Crippen LogP contribution in [0.2, 0.25) is 5.02 Å². The van der Waals surface area contributed by atoms with Gasteiger partial charge in [-0.05, 0) is 48.2 Å². The number of rotatable bonds is 4. The van der Waals surface area contributed by atoms with Gasteiger partial charge in [0.15, 0.2) is 0 Å². The predicted octanol–water partition coefficient (Wildman–Crippen LogP) is 5.06. The van der Waals surface area contributed by atoms with Gasteiger partial charge < -0.3 is 14.8 Å². The molecule has 1 saturated heterocycles. The van der Waals surface area contributed by atoms with Gasteiger partial charge in [0.25, 0.3) is 0 Å². The fourth-order valence-electron chi connectivity index (χ4n) is 5.61. The van der Waals surface area contributed by atoms with Crippen LogP contribution in [0.25, 0.3) is 10.9 Å². The van der Waals surface area contributed by atoms with Crippen LogP contribution in [0, 0.1) is 6.92 Å². The molecule has 0 bridgehead atoms. The molecule has 1 N–H and O–H groups in total. The smallest absolute Gasteiger partial charge is 0.246 e. The highest BCUT2D eigenvalue weighted by atomic mass is 35.5. The van der Waals surface area contributed by atoms with Crippen LogP contribution in [0.1, 0.15) is 34.0 Å². The van der Waals surface area contributed by atoms with Crippen molar-refractivity contribution in [3.8, 4) is 0 Å². The van der Waals surface area contributed by atoms with Crippen LogP contribution in [0.4, 0.5) is 0 Å². The Morgan fingerprint density at radius 2 is 1.80 bits per heavy atom. The summed E-state index contributed by atoms with van der Waals surface area (Å²) >= 11 is 6.01. The number of carbonyl (C=O) groups excluding carboxylic acids is 2. The number of aromatic nitrogens is 1. The highest BCUT2D eigenvalue weighted by Crippen LogP contribution is 2.42. The molecule has 2 aliphatic rings. The van der Waals surface area contributed by atoms with E-state index in [1.807, 2.05) is 47.4 Å². The molecule has 6 heteroatoms. The summed E-state index contributed by atoms with van der Waals surface area (Å²) in [5.74, 6) is 0.00802. The van der Waals surface area contributed by atoms with E-state index >= 15 is 0 Å². The van der Waals surface area contributed by atoms with Crippen LogP contribution in [-0.4, -0.2) is 45.7 Å². The normalized spacial score (nSPS) is 19.7. The molecule has 5 nitrogen and oxygen atoms in total.